The number of allylic oxidation sites excluding steroid dienone is 7. The van der Waals surface area contributed by atoms with Crippen molar-refractivity contribution < 1.29 is 5.11 Å². The van der Waals surface area contributed by atoms with Crippen molar-refractivity contribution in [3.05, 3.63) is 45.0 Å². The molecule has 21 heavy (non-hydrogen) atoms. The first-order valence-electron chi connectivity index (χ1n) is 6.83. The van der Waals surface area contributed by atoms with Crippen LogP contribution in [0.5, 0.6) is 0 Å². The zero-order chi connectivity index (χ0) is 16.3. The summed E-state index contributed by atoms with van der Waals surface area (Å²) in [6.07, 6.45) is 8.66. The predicted octanol–water partition coefficient (Wildman–Crippen LogP) is 5.02. The van der Waals surface area contributed by atoms with Crippen molar-refractivity contribution in [1.29, 1.82) is 0 Å². The number of guanidine groups is 1. The molecule has 0 heterocycles. The smallest absolute Gasteiger partial charge is 0.226 e. The third-order valence-electron chi connectivity index (χ3n) is 2.46. The fourth-order valence-corrected chi connectivity index (χ4v) is 1.82. The van der Waals surface area contributed by atoms with Crippen molar-refractivity contribution in [2.75, 3.05) is 0 Å². The zero-order valence-corrected chi connectivity index (χ0v) is 15.3. The molecule has 0 spiro atoms. The molecule has 0 bridgehead atoms. The van der Waals surface area contributed by atoms with Crippen molar-refractivity contribution in [2.45, 2.75) is 40.5 Å². The van der Waals surface area contributed by atoms with Crippen LogP contribution in [0.4, 0.5) is 0 Å². The Morgan fingerprint density at radius 2 is 1.90 bits per heavy atom. The monoisotopic (exact) mass is 401 g/mol. The second kappa shape index (κ2) is 11.3. The first kappa shape index (κ1) is 19.6. The highest BCUT2D eigenvalue weighted by atomic mass is 127. The molecule has 0 unspecified atom stereocenters. The van der Waals surface area contributed by atoms with Gasteiger partial charge in [0.25, 0.3) is 0 Å². The Morgan fingerprint density at radius 3 is 2.38 bits per heavy atom. The van der Waals surface area contributed by atoms with Gasteiger partial charge in [0.2, 0.25) is 5.96 Å². The van der Waals surface area contributed by atoms with Gasteiger partial charge < -0.3 is 10.4 Å². The van der Waals surface area contributed by atoms with Crippen molar-refractivity contribution in [3.63, 3.8) is 0 Å². The fraction of sp³-hybridized carbons (Fsp3) is 0.375. The summed E-state index contributed by atoms with van der Waals surface area (Å²) in [5.74, 6) is 0.776. The van der Waals surface area contributed by atoms with Crippen LogP contribution >= 0.6 is 22.6 Å². The number of halogens is 1. The number of aliphatic imine (C=N–C) groups is 2. The Kier molecular flexibility index (Phi) is 10.6. The first-order valence-corrected chi connectivity index (χ1v) is 7.91. The maximum atomic E-state index is 9.46. The van der Waals surface area contributed by atoms with E-state index in [2.05, 4.69) is 44.6 Å². The Morgan fingerprint density at radius 1 is 1.24 bits per heavy atom. The highest BCUT2D eigenvalue weighted by Gasteiger charge is 1.97. The lowest BCUT2D eigenvalue weighted by Crippen LogP contribution is -2.20. The molecule has 0 atom stereocenters. The lowest BCUT2D eigenvalue weighted by atomic mass is 10.2. The lowest BCUT2D eigenvalue weighted by Gasteiger charge is -2.06. The highest BCUT2D eigenvalue weighted by Crippen LogP contribution is 2.08. The molecule has 0 fully saturated rings. The van der Waals surface area contributed by atoms with Crippen molar-refractivity contribution in [1.82, 2.24) is 5.32 Å². The quantitative estimate of drug-likeness (QED) is 0.216. The molecule has 0 aliphatic carbocycles. The lowest BCUT2D eigenvalue weighted by molar-refractivity contribution is 0.394. The summed E-state index contributed by atoms with van der Waals surface area (Å²) in [6, 6.07) is 0. The Hall–Kier alpha value is -1.37. The predicted molar refractivity (Wildman–Crippen MR) is 101 cm³/mol. The number of aliphatic hydroxyl groups excluding tert-OH is 1. The van der Waals surface area contributed by atoms with Crippen LogP contribution in [0.1, 0.15) is 40.5 Å². The third kappa shape index (κ3) is 10.1. The standard InChI is InChI=1S/C16H24IN3O/c1-6-14(8-9-15(21)7-2)20-16(18-5)19-11-12(3)10-13(4)17/h8-11,21H,5-7H2,1-4H3,(H,19,20)/b12-11+,13-10+,14-8+,15-9+. The Bertz CT molecular complexity index is 496. The minimum atomic E-state index is 0.339. The van der Waals surface area contributed by atoms with E-state index in [1.807, 2.05) is 39.8 Å². The highest BCUT2D eigenvalue weighted by molar-refractivity contribution is 14.1. The normalized spacial score (nSPS) is 15.2. The number of aliphatic hydroxyl groups is 1. The largest absolute Gasteiger partial charge is 0.512 e. The van der Waals surface area contributed by atoms with E-state index in [0.29, 0.717) is 18.1 Å². The number of hydrogen-bond donors (Lipinski definition) is 2. The van der Waals surface area contributed by atoms with Gasteiger partial charge in [0.15, 0.2) is 0 Å². The van der Waals surface area contributed by atoms with E-state index in [1.165, 1.54) is 3.58 Å². The third-order valence-corrected chi connectivity index (χ3v) is 2.77. The number of nitrogens with zero attached hydrogens (tertiary/aromatic N) is 2. The summed E-state index contributed by atoms with van der Waals surface area (Å²) >= 11 is 2.25. The minimum Gasteiger partial charge on any atom is -0.512 e. The number of nitrogens with one attached hydrogen (secondary N) is 1. The topological polar surface area (TPSA) is 57.0 Å². The van der Waals surface area contributed by atoms with Gasteiger partial charge in [-0.2, -0.15) is 0 Å². The van der Waals surface area contributed by atoms with Crippen LogP contribution in [0, 0.1) is 0 Å². The van der Waals surface area contributed by atoms with E-state index in [0.717, 1.165) is 17.7 Å². The molecule has 0 saturated carbocycles. The van der Waals surface area contributed by atoms with Gasteiger partial charge in [0.1, 0.15) is 0 Å². The van der Waals surface area contributed by atoms with Gasteiger partial charge >= 0.3 is 0 Å². The van der Waals surface area contributed by atoms with Gasteiger partial charge in [-0.3, -0.25) is 0 Å². The zero-order valence-electron chi connectivity index (χ0n) is 13.2. The Labute approximate surface area is 141 Å². The molecule has 4 nitrogen and oxygen atoms in total. The van der Waals surface area contributed by atoms with Gasteiger partial charge in [0, 0.05) is 18.3 Å². The fourth-order valence-electron chi connectivity index (χ4n) is 1.33. The second-order valence-corrected chi connectivity index (χ2v) is 6.10. The van der Waals surface area contributed by atoms with E-state index in [-0.39, 0.29) is 0 Å². The van der Waals surface area contributed by atoms with Crippen molar-refractivity contribution in [3.8, 4) is 0 Å². The van der Waals surface area contributed by atoms with Crippen LogP contribution in [0.25, 0.3) is 0 Å². The molecule has 0 aliphatic heterocycles. The summed E-state index contributed by atoms with van der Waals surface area (Å²) in [7, 11) is 0. The summed E-state index contributed by atoms with van der Waals surface area (Å²) in [5.41, 5.74) is 1.95. The Balaban J connectivity index is 5.05. The maximum absolute atomic E-state index is 9.46. The van der Waals surface area contributed by atoms with Gasteiger partial charge in [0.05, 0.1) is 5.76 Å². The molecule has 0 aromatic heterocycles. The number of rotatable bonds is 6. The van der Waals surface area contributed by atoms with Gasteiger partial charge in [-0.15, -0.1) is 0 Å². The van der Waals surface area contributed by atoms with Crippen LogP contribution in [-0.4, -0.2) is 17.8 Å². The van der Waals surface area contributed by atoms with Gasteiger partial charge in [-0.25, -0.2) is 9.98 Å². The summed E-state index contributed by atoms with van der Waals surface area (Å²) in [5, 5.41) is 12.6. The van der Waals surface area contributed by atoms with Crippen molar-refractivity contribution >= 4 is 35.3 Å². The summed E-state index contributed by atoms with van der Waals surface area (Å²) in [6.45, 7) is 11.4. The van der Waals surface area contributed by atoms with Gasteiger partial charge in [-0.05, 0) is 77.0 Å². The minimum absolute atomic E-state index is 0.339. The molecule has 5 heteroatoms. The molecule has 116 valence electrons. The van der Waals surface area contributed by atoms with E-state index >= 15 is 0 Å². The maximum Gasteiger partial charge on any atom is 0.226 e. The van der Waals surface area contributed by atoms with Crippen molar-refractivity contribution in [2.24, 2.45) is 9.98 Å². The molecule has 0 aromatic rings. The SMILES string of the molecule is C=N\C(=N/C=C(C)/C=C(\C)I)N/C(=C/C=C(/O)CC)CC. The van der Waals surface area contributed by atoms with Crippen LogP contribution < -0.4 is 5.32 Å². The van der Waals surface area contributed by atoms with Crippen LogP contribution in [0.15, 0.2) is 55.0 Å². The van der Waals surface area contributed by atoms with E-state index in [4.69, 9.17) is 0 Å². The molecule has 0 radical (unpaired) electrons. The first-order chi connectivity index (χ1) is 9.92. The second-order valence-electron chi connectivity index (χ2n) is 4.40. The van der Waals surface area contributed by atoms with E-state index in [1.54, 1.807) is 12.3 Å². The molecule has 0 aliphatic rings. The summed E-state index contributed by atoms with van der Waals surface area (Å²) in [4.78, 5) is 8.14. The molecule has 0 saturated heterocycles. The summed E-state index contributed by atoms with van der Waals surface area (Å²) < 4.78 is 1.19. The van der Waals surface area contributed by atoms with E-state index in [9.17, 15) is 5.11 Å². The van der Waals surface area contributed by atoms with Gasteiger partial charge in [-0.1, -0.05) is 13.8 Å². The average molecular weight is 401 g/mol. The average Bonchev–Trinajstić information content (AvgIpc) is 2.45. The molecule has 0 amide bonds. The molecular weight excluding hydrogens is 377 g/mol. The van der Waals surface area contributed by atoms with Crippen LogP contribution in [0.2, 0.25) is 0 Å². The molecular formula is C16H24IN3O. The molecule has 2 N–H and O–H groups in total. The van der Waals surface area contributed by atoms with Crippen LogP contribution in [-0.2, 0) is 0 Å². The van der Waals surface area contributed by atoms with Crippen LogP contribution in [0.3, 0.4) is 0 Å². The number of hydrogen-bond acceptors (Lipinski definition) is 2. The molecule has 0 rings (SSSR count). The van der Waals surface area contributed by atoms with E-state index < -0.39 is 0 Å². The molecule has 0 aromatic carbocycles.